The van der Waals surface area contributed by atoms with E-state index in [2.05, 4.69) is 15.2 Å². The van der Waals surface area contributed by atoms with Gasteiger partial charge in [-0.1, -0.05) is 23.7 Å². The second-order valence-corrected chi connectivity index (χ2v) is 7.99. The van der Waals surface area contributed by atoms with Crippen LogP contribution in [-0.4, -0.2) is 50.6 Å². The van der Waals surface area contributed by atoms with E-state index in [0.717, 1.165) is 41.2 Å². The van der Waals surface area contributed by atoms with E-state index in [4.69, 9.17) is 16.3 Å². The summed E-state index contributed by atoms with van der Waals surface area (Å²) in [4.78, 5) is 21.5. The summed E-state index contributed by atoms with van der Waals surface area (Å²) in [5.74, 6) is 1.56. The van der Waals surface area contributed by atoms with Crippen molar-refractivity contribution in [3.63, 3.8) is 0 Å². The molecule has 0 unspecified atom stereocenters. The minimum atomic E-state index is -0.00947. The van der Waals surface area contributed by atoms with Gasteiger partial charge in [-0.2, -0.15) is 0 Å². The summed E-state index contributed by atoms with van der Waals surface area (Å²) >= 11 is 7.56. The van der Waals surface area contributed by atoms with Gasteiger partial charge in [0.2, 0.25) is 0 Å². The van der Waals surface area contributed by atoms with Crippen molar-refractivity contribution in [2.24, 2.45) is 4.99 Å². The molecule has 6 nitrogen and oxygen atoms in total. The zero-order chi connectivity index (χ0) is 19.2. The van der Waals surface area contributed by atoms with E-state index in [1.54, 1.807) is 23.3 Å². The maximum atomic E-state index is 12.2. The molecule has 0 aliphatic carbocycles. The first-order valence-corrected chi connectivity index (χ1v) is 9.96. The first-order chi connectivity index (χ1) is 13.1. The number of halogens is 2. The fraction of sp³-hybridized carbons (Fsp3) is 0.368. The molecular formula is C19H24ClIN4O2S. The van der Waals surface area contributed by atoms with Gasteiger partial charge < -0.3 is 19.9 Å². The Balaban J connectivity index is 0.00000280. The van der Waals surface area contributed by atoms with Gasteiger partial charge in [0.1, 0.15) is 5.75 Å². The SMILES string of the molecule is CN=C(NCCCN1C(=O)COc2ccccc21)N(C)Cc1ccc(Cl)s1.I. The number of para-hydroxylation sites is 2. The Morgan fingerprint density at radius 3 is 2.86 bits per heavy atom. The Bertz CT molecular complexity index is 830. The number of aliphatic imine (C=N–C) groups is 1. The molecule has 0 bridgehead atoms. The van der Waals surface area contributed by atoms with Gasteiger partial charge in [0.25, 0.3) is 5.91 Å². The van der Waals surface area contributed by atoms with Crippen molar-refractivity contribution in [2.75, 3.05) is 38.7 Å². The van der Waals surface area contributed by atoms with Crippen LogP contribution in [0, 0.1) is 0 Å². The highest BCUT2D eigenvalue weighted by Gasteiger charge is 2.24. The number of thiophene rings is 1. The summed E-state index contributed by atoms with van der Waals surface area (Å²) in [5, 5.41) is 3.35. The topological polar surface area (TPSA) is 57.2 Å². The van der Waals surface area contributed by atoms with Crippen molar-refractivity contribution in [3.05, 3.63) is 45.6 Å². The van der Waals surface area contributed by atoms with Gasteiger partial charge in [0, 0.05) is 32.1 Å². The fourth-order valence-electron chi connectivity index (χ4n) is 2.97. The van der Waals surface area contributed by atoms with E-state index >= 15 is 0 Å². The van der Waals surface area contributed by atoms with Crippen LogP contribution >= 0.6 is 46.9 Å². The molecule has 2 aromatic rings. The van der Waals surface area contributed by atoms with Gasteiger partial charge in [0.05, 0.1) is 16.6 Å². The quantitative estimate of drug-likeness (QED) is 0.265. The lowest BCUT2D eigenvalue weighted by atomic mass is 10.2. The van der Waals surface area contributed by atoms with E-state index in [1.165, 1.54) is 4.88 Å². The summed E-state index contributed by atoms with van der Waals surface area (Å²) in [6.07, 6.45) is 0.803. The van der Waals surface area contributed by atoms with E-state index in [9.17, 15) is 4.79 Å². The predicted molar refractivity (Wildman–Crippen MR) is 126 cm³/mol. The fourth-order valence-corrected chi connectivity index (χ4v) is 4.11. The molecule has 0 fully saturated rings. The van der Waals surface area contributed by atoms with Gasteiger partial charge in [-0.15, -0.1) is 35.3 Å². The summed E-state index contributed by atoms with van der Waals surface area (Å²) in [7, 11) is 3.76. The Morgan fingerprint density at radius 2 is 2.14 bits per heavy atom. The molecule has 1 aliphatic rings. The summed E-state index contributed by atoms with van der Waals surface area (Å²) < 4.78 is 6.27. The average molecular weight is 535 g/mol. The van der Waals surface area contributed by atoms with E-state index in [0.29, 0.717) is 6.54 Å². The Kier molecular flexibility index (Phi) is 8.84. The lowest BCUT2D eigenvalue weighted by molar-refractivity contribution is -0.121. The van der Waals surface area contributed by atoms with Gasteiger partial charge in [-0.25, -0.2) is 0 Å². The number of anilines is 1. The number of rotatable bonds is 6. The number of nitrogens with one attached hydrogen (secondary N) is 1. The zero-order valence-corrected chi connectivity index (χ0v) is 19.8. The molecule has 0 spiro atoms. The van der Waals surface area contributed by atoms with Crippen LogP contribution in [0.2, 0.25) is 4.34 Å². The second kappa shape index (κ2) is 10.9. The van der Waals surface area contributed by atoms with Crippen molar-refractivity contribution in [2.45, 2.75) is 13.0 Å². The number of carbonyl (C=O) groups excluding carboxylic acids is 1. The van der Waals surface area contributed by atoms with Gasteiger partial charge in [0.15, 0.2) is 12.6 Å². The van der Waals surface area contributed by atoms with E-state index < -0.39 is 0 Å². The standard InChI is InChI=1S/C19H23ClN4O2S.HI/c1-21-19(23(2)12-14-8-9-17(20)27-14)22-10-5-11-24-15-6-3-4-7-16(15)26-13-18(24)25;/h3-4,6-9H,5,10-13H2,1-2H3,(H,21,22);1H. The molecule has 0 saturated carbocycles. The number of guanidine groups is 1. The molecule has 0 radical (unpaired) electrons. The van der Waals surface area contributed by atoms with Crippen LogP contribution in [0.5, 0.6) is 5.75 Å². The Morgan fingerprint density at radius 1 is 1.36 bits per heavy atom. The minimum Gasteiger partial charge on any atom is -0.482 e. The van der Waals surface area contributed by atoms with Gasteiger partial charge in [-0.05, 0) is 30.7 Å². The highest BCUT2D eigenvalue weighted by atomic mass is 127. The van der Waals surface area contributed by atoms with E-state index in [1.807, 2.05) is 43.4 Å². The highest BCUT2D eigenvalue weighted by molar-refractivity contribution is 14.0. The number of benzene rings is 1. The van der Waals surface area contributed by atoms with Crippen molar-refractivity contribution >= 4 is 64.5 Å². The molecule has 3 rings (SSSR count). The van der Waals surface area contributed by atoms with Gasteiger partial charge in [-0.3, -0.25) is 9.79 Å². The molecule has 1 N–H and O–H groups in total. The smallest absolute Gasteiger partial charge is 0.265 e. The Hall–Kier alpha value is -1.52. The Labute approximate surface area is 191 Å². The maximum absolute atomic E-state index is 12.2. The average Bonchev–Trinajstić information content (AvgIpc) is 3.07. The zero-order valence-electron chi connectivity index (χ0n) is 15.9. The first-order valence-electron chi connectivity index (χ1n) is 8.76. The summed E-state index contributed by atoms with van der Waals surface area (Å²) in [6.45, 7) is 2.19. The highest BCUT2D eigenvalue weighted by Crippen LogP contribution is 2.31. The molecule has 9 heteroatoms. The molecule has 1 amide bonds. The molecule has 1 aromatic carbocycles. The normalized spacial score (nSPS) is 13.5. The number of hydrogen-bond acceptors (Lipinski definition) is 4. The number of nitrogens with zero attached hydrogens (tertiary/aromatic N) is 3. The lowest BCUT2D eigenvalue weighted by Gasteiger charge is -2.29. The molecule has 2 heterocycles. The second-order valence-electron chi connectivity index (χ2n) is 6.19. The van der Waals surface area contributed by atoms with Crippen LogP contribution in [0.25, 0.3) is 0 Å². The largest absolute Gasteiger partial charge is 0.482 e. The predicted octanol–water partition coefficient (Wildman–Crippen LogP) is 3.84. The summed E-state index contributed by atoms with van der Waals surface area (Å²) in [5.41, 5.74) is 0.838. The van der Waals surface area contributed by atoms with Crippen LogP contribution in [-0.2, 0) is 11.3 Å². The van der Waals surface area contributed by atoms with Gasteiger partial charge >= 0.3 is 0 Å². The van der Waals surface area contributed by atoms with Crippen molar-refractivity contribution in [3.8, 4) is 5.75 Å². The number of amides is 1. The van der Waals surface area contributed by atoms with Crippen molar-refractivity contribution in [1.29, 1.82) is 0 Å². The molecule has 1 aliphatic heterocycles. The van der Waals surface area contributed by atoms with Crippen molar-refractivity contribution in [1.82, 2.24) is 10.2 Å². The third-order valence-corrected chi connectivity index (χ3v) is 5.46. The molecule has 0 saturated heterocycles. The third kappa shape index (κ3) is 5.74. The number of carbonyl (C=O) groups is 1. The number of fused-ring (bicyclic) bond motifs is 1. The molecule has 1 aromatic heterocycles. The number of ether oxygens (including phenoxy) is 1. The van der Waals surface area contributed by atoms with Crippen LogP contribution in [0.3, 0.4) is 0 Å². The summed E-state index contributed by atoms with van der Waals surface area (Å²) in [6, 6.07) is 11.6. The third-order valence-electron chi connectivity index (χ3n) is 4.25. The molecule has 0 atom stereocenters. The monoisotopic (exact) mass is 534 g/mol. The van der Waals surface area contributed by atoms with Crippen LogP contribution < -0.4 is 15.0 Å². The first kappa shape index (κ1) is 22.8. The molecule has 152 valence electrons. The molecular weight excluding hydrogens is 511 g/mol. The van der Waals surface area contributed by atoms with Crippen LogP contribution in [0.1, 0.15) is 11.3 Å². The maximum Gasteiger partial charge on any atom is 0.265 e. The minimum absolute atomic E-state index is 0. The number of hydrogen-bond donors (Lipinski definition) is 1. The molecule has 28 heavy (non-hydrogen) atoms. The van der Waals surface area contributed by atoms with Crippen LogP contribution in [0.15, 0.2) is 41.4 Å². The lowest BCUT2D eigenvalue weighted by Crippen LogP contribution is -2.42. The van der Waals surface area contributed by atoms with Crippen molar-refractivity contribution < 1.29 is 9.53 Å². The van der Waals surface area contributed by atoms with E-state index in [-0.39, 0.29) is 36.5 Å². The van der Waals surface area contributed by atoms with Crippen LogP contribution in [0.4, 0.5) is 5.69 Å².